The smallest absolute Gasteiger partial charge is 0.252 e. The first kappa shape index (κ1) is 18.1. The fourth-order valence-electron chi connectivity index (χ4n) is 2.38. The topological polar surface area (TPSA) is 57.8 Å². The predicted molar refractivity (Wildman–Crippen MR) is 101 cm³/mol. The van der Waals surface area contributed by atoms with E-state index in [1.807, 2.05) is 45.0 Å². The molecule has 0 bridgehead atoms. The van der Waals surface area contributed by atoms with E-state index < -0.39 is 0 Å². The summed E-state index contributed by atoms with van der Waals surface area (Å²) in [4.78, 5) is 14.0. The van der Waals surface area contributed by atoms with Gasteiger partial charge in [-0.15, -0.1) is 0 Å². The summed E-state index contributed by atoms with van der Waals surface area (Å²) in [7, 11) is 1.65. The van der Waals surface area contributed by atoms with Crippen LogP contribution in [0.15, 0.2) is 46.2 Å². The van der Waals surface area contributed by atoms with E-state index in [2.05, 4.69) is 33.7 Å². The second kappa shape index (κ2) is 8.55. The van der Waals surface area contributed by atoms with E-state index >= 15 is 0 Å². The van der Waals surface area contributed by atoms with Crippen molar-refractivity contribution >= 4 is 23.7 Å². The third-order valence-electron chi connectivity index (χ3n) is 3.57. The largest absolute Gasteiger partial charge is 0.355 e. The number of H-pyrrole nitrogens is 1. The molecule has 2 aromatic rings. The van der Waals surface area contributed by atoms with Crippen LogP contribution in [0, 0.1) is 6.92 Å². The molecule has 24 heavy (non-hydrogen) atoms. The van der Waals surface area contributed by atoms with E-state index in [4.69, 9.17) is 0 Å². The van der Waals surface area contributed by atoms with Crippen molar-refractivity contribution in [1.82, 2.24) is 15.5 Å². The number of nitrogens with zero attached hydrogens (tertiary/aromatic N) is 1. The second-order valence-corrected chi connectivity index (χ2v) is 6.15. The molecule has 0 unspecified atom stereocenters. The van der Waals surface area contributed by atoms with Gasteiger partial charge in [-0.25, -0.2) is 0 Å². The van der Waals surface area contributed by atoms with Gasteiger partial charge in [-0.2, -0.15) is 5.10 Å². The first-order valence-electron chi connectivity index (χ1n) is 8.10. The lowest BCUT2D eigenvalue weighted by molar-refractivity contribution is 0.0960. The van der Waals surface area contributed by atoms with Gasteiger partial charge in [0.2, 0.25) is 0 Å². The molecular formula is C19H23N3OS. The van der Waals surface area contributed by atoms with Crippen molar-refractivity contribution in [1.29, 1.82) is 0 Å². The molecule has 1 heterocycles. The number of allylic oxidation sites excluding steroid dienone is 2. The van der Waals surface area contributed by atoms with Gasteiger partial charge in [0.25, 0.3) is 5.91 Å². The Hall–Kier alpha value is -2.27. The Kier molecular flexibility index (Phi) is 6.44. The van der Waals surface area contributed by atoms with Gasteiger partial charge in [-0.05, 0) is 25.1 Å². The van der Waals surface area contributed by atoms with Crippen LogP contribution in [0.3, 0.4) is 0 Å². The van der Waals surface area contributed by atoms with Crippen LogP contribution in [0.2, 0.25) is 0 Å². The molecule has 1 aromatic carbocycles. The van der Waals surface area contributed by atoms with Crippen molar-refractivity contribution in [2.45, 2.75) is 32.1 Å². The summed E-state index contributed by atoms with van der Waals surface area (Å²) >= 11 is 1.60. The van der Waals surface area contributed by atoms with Gasteiger partial charge in [0.1, 0.15) is 0 Å². The Morgan fingerprint density at radius 3 is 2.75 bits per heavy atom. The minimum Gasteiger partial charge on any atom is -0.355 e. The van der Waals surface area contributed by atoms with Crippen molar-refractivity contribution in [2.75, 3.05) is 7.05 Å². The summed E-state index contributed by atoms with van der Waals surface area (Å²) in [5.74, 6) is -0.0645. The van der Waals surface area contributed by atoms with Gasteiger partial charge >= 0.3 is 0 Å². The summed E-state index contributed by atoms with van der Waals surface area (Å²) < 4.78 is 0. The number of hydrogen-bond acceptors (Lipinski definition) is 3. The van der Waals surface area contributed by atoms with Crippen LogP contribution in [-0.4, -0.2) is 23.2 Å². The average molecular weight is 341 g/mol. The molecule has 1 aliphatic carbocycles. The van der Waals surface area contributed by atoms with E-state index in [0.29, 0.717) is 5.56 Å². The fourth-order valence-corrected chi connectivity index (χ4v) is 3.35. The summed E-state index contributed by atoms with van der Waals surface area (Å²) in [5.41, 5.74) is 4.00. The molecule has 0 saturated heterocycles. The second-order valence-electron chi connectivity index (χ2n) is 5.03. The standard InChI is InChI=1S/C17H17N3OS.C2H6/c1-11-13-9-7-12(8-10-15(13)20-19-11)22-16-6-4-3-5-14(16)17(21)18-2;1-2/h3-9H,10H2,1-2H3,(H,18,21)(H,19,20);1-2H3. The Labute approximate surface area is 147 Å². The molecule has 0 spiro atoms. The molecule has 1 aromatic heterocycles. The molecule has 0 atom stereocenters. The van der Waals surface area contributed by atoms with Crippen LogP contribution >= 0.6 is 11.8 Å². The summed E-state index contributed by atoms with van der Waals surface area (Å²) in [6.45, 7) is 6.02. The number of aryl methyl sites for hydroxylation is 1. The van der Waals surface area contributed by atoms with Crippen LogP contribution in [0.5, 0.6) is 0 Å². The average Bonchev–Trinajstić information content (AvgIpc) is 2.85. The maximum Gasteiger partial charge on any atom is 0.252 e. The molecule has 1 aliphatic rings. The number of amides is 1. The highest BCUT2D eigenvalue weighted by molar-refractivity contribution is 8.03. The van der Waals surface area contributed by atoms with E-state index in [-0.39, 0.29) is 5.91 Å². The van der Waals surface area contributed by atoms with Gasteiger partial charge in [-0.3, -0.25) is 9.89 Å². The summed E-state index contributed by atoms with van der Waals surface area (Å²) in [6.07, 6.45) is 7.10. The predicted octanol–water partition coefficient (Wildman–Crippen LogP) is 4.35. The zero-order valence-corrected chi connectivity index (χ0v) is 15.3. The van der Waals surface area contributed by atoms with E-state index in [1.54, 1.807) is 18.8 Å². The molecule has 0 aliphatic heterocycles. The van der Waals surface area contributed by atoms with E-state index in [9.17, 15) is 4.79 Å². The molecule has 126 valence electrons. The highest BCUT2D eigenvalue weighted by Crippen LogP contribution is 2.33. The van der Waals surface area contributed by atoms with E-state index in [0.717, 1.165) is 33.2 Å². The van der Waals surface area contributed by atoms with Crippen molar-refractivity contribution in [3.63, 3.8) is 0 Å². The number of nitrogens with one attached hydrogen (secondary N) is 2. The monoisotopic (exact) mass is 341 g/mol. The molecule has 0 saturated carbocycles. The fraction of sp³-hybridized carbons (Fsp3) is 0.263. The molecule has 4 nitrogen and oxygen atoms in total. The summed E-state index contributed by atoms with van der Waals surface area (Å²) in [5, 5.41) is 10.0. The summed E-state index contributed by atoms with van der Waals surface area (Å²) in [6, 6.07) is 7.65. The minimum absolute atomic E-state index is 0.0645. The Morgan fingerprint density at radius 1 is 1.25 bits per heavy atom. The maximum atomic E-state index is 11.9. The van der Waals surface area contributed by atoms with Crippen LogP contribution in [0.1, 0.15) is 41.2 Å². The number of aromatic amines is 1. The number of carbonyl (C=O) groups excluding carboxylic acids is 1. The number of carbonyl (C=O) groups is 1. The quantitative estimate of drug-likeness (QED) is 0.872. The number of aromatic nitrogens is 2. The number of rotatable bonds is 3. The Morgan fingerprint density at radius 2 is 2.00 bits per heavy atom. The van der Waals surface area contributed by atoms with Crippen LogP contribution < -0.4 is 5.32 Å². The maximum absolute atomic E-state index is 11.9. The van der Waals surface area contributed by atoms with Gasteiger partial charge < -0.3 is 5.32 Å². The van der Waals surface area contributed by atoms with Crippen molar-refractivity contribution in [3.8, 4) is 0 Å². The highest BCUT2D eigenvalue weighted by atomic mass is 32.2. The third kappa shape index (κ3) is 3.97. The minimum atomic E-state index is -0.0645. The molecule has 5 heteroatoms. The van der Waals surface area contributed by atoms with Crippen LogP contribution in [0.25, 0.3) is 6.08 Å². The van der Waals surface area contributed by atoms with Gasteiger partial charge in [-0.1, -0.05) is 49.9 Å². The first-order chi connectivity index (χ1) is 11.7. The zero-order valence-electron chi connectivity index (χ0n) is 14.5. The van der Waals surface area contributed by atoms with E-state index in [1.165, 1.54) is 0 Å². The van der Waals surface area contributed by atoms with Gasteiger partial charge in [0.05, 0.1) is 11.3 Å². The van der Waals surface area contributed by atoms with Crippen molar-refractivity contribution in [2.24, 2.45) is 0 Å². The lowest BCUT2D eigenvalue weighted by atomic mass is 10.1. The zero-order chi connectivity index (χ0) is 17.5. The number of benzene rings is 1. The lowest BCUT2D eigenvalue weighted by Gasteiger charge is -2.08. The Bertz CT molecular complexity index is 775. The SMILES string of the molecule is CC.CNC(=O)c1ccccc1SC1=CCc2n[nH]c(C)c2C=C1. The highest BCUT2D eigenvalue weighted by Gasteiger charge is 2.13. The number of fused-ring (bicyclic) bond motifs is 1. The molecule has 3 rings (SSSR count). The molecule has 1 amide bonds. The van der Waals surface area contributed by atoms with Gasteiger partial charge in [0.15, 0.2) is 0 Å². The van der Waals surface area contributed by atoms with Crippen molar-refractivity contribution < 1.29 is 4.79 Å². The van der Waals surface area contributed by atoms with Crippen LogP contribution in [0.4, 0.5) is 0 Å². The number of hydrogen-bond donors (Lipinski definition) is 2. The third-order valence-corrected chi connectivity index (χ3v) is 4.69. The Balaban J connectivity index is 0.00000100. The molecular weight excluding hydrogens is 318 g/mol. The van der Waals surface area contributed by atoms with Crippen LogP contribution in [-0.2, 0) is 6.42 Å². The van der Waals surface area contributed by atoms with Gasteiger partial charge in [0, 0.05) is 34.5 Å². The molecule has 2 N–H and O–H groups in total. The first-order valence-corrected chi connectivity index (χ1v) is 8.91. The lowest BCUT2D eigenvalue weighted by Crippen LogP contribution is -2.18. The van der Waals surface area contributed by atoms with Crippen molar-refractivity contribution in [3.05, 3.63) is 63.8 Å². The molecule has 0 radical (unpaired) electrons. The molecule has 0 fully saturated rings. The number of thioether (sulfide) groups is 1. The normalized spacial score (nSPS) is 12.4.